The minimum absolute atomic E-state index is 0.286. The van der Waals surface area contributed by atoms with Crippen molar-refractivity contribution in [3.63, 3.8) is 0 Å². The molecule has 1 aliphatic rings. The van der Waals surface area contributed by atoms with Crippen LogP contribution in [0.4, 0.5) is 5.95 Å². The first kappa shape index (κ1) is 12.8. The maximum Gasteiger partial charge on any atom is 0.201 e. The normalized spacial score (nSPS) is 18.8. The van der Waals surface area contributed by atoms with Gasteiger partial charge in [0, 0.05) is 19.3 Å². The molecule has 0 radical (unpaired) electrons. The third-order valence-corrected chi connectivity index (χ3v) is 4.35. The van der Waals surface area contributed by atoms with Crippen molar-refractivity contribution in [2.75, 3.05) is 18.9 Å². The number of imidazole rings is 1. The number of hydrogen-bond donors (Lipinski definition) is 1. The molecule has 1 aromatic heterocycles. The summed E-state index contributed by atoms with van der Waals surface area (Å²) in [6.07, 6.45) is 2.12. The summed E-state index contributed by atoms with van der Waals surface area (Å²) in [5, 5.41) is 0.709. The van der Waals surface area contributed by atoms with Gasteiger partial charge < -0.3 is 15.0 Å². The van der Waals surface area contributed by atoms with E-state index in [1.807, 2.05) is 18.2 Å². The summed E-state index contributed by atoms with van der Waals surface area (Å²) in [7, 11) is 0. The second-order valence-electron chi connectivity index (χ2n) is 5.14. The molecule has 1 aliphatic heterocycles. The molecular weight excluding hydrogens is 262 g/mol. The van der Waals surface area contributed by atoms with E-state index in [4.69, 9.17) is 22.1 Å². The van der Waals surface area contributed by atoms with Gasteiger partial charge in [-0.05, 0) is 37.8 Å². The van der Waals surface area contributed by atoms with Crippen LogP contribution in [0.25, 0.3) is 11.0 Å². The van der Waals surface area contributed by atoms with Crippen LogP contribution < -0.4 is 5.73 Å². The minimum Gasteiger partial charge on any atom is -0.381 e. The van der Waals surface area contributed by atoms with Gasteiger partial charge in [-0.1, -0.05) is 17.7 Å². The maximum atomic E-state index is 6.32. The number of benzene rings is 1. The molecule has 5 heteroatoms. The van der Waals surface area contributed by atoms with E-state index in [-0.39, 0.29) is 6.04 Å². The summed E-state index contributed by atoms with van der Waals surface area (Å²) in [5.74, 6) is 1.10. The molecule has 1 saturated heterocycles. The van der Waals surface area contributed by atoms with Crippen LogP contribution in [0.2, 0.25) is 5.02 Å². The van der Waals surface area contributed by atoms with Crippen LogP contribution in [0.5, 0.6) is 0 Å². The second kappa shape index (κ2) is 5.02. The number of anilines is 1. The summed E-state index contributed by atoms with van der Waals surface area (Å²) in [5.41, 5.74) is 7.90. The average molecular weight is 280 g/mol. The van der Waals surface area contributed by atoms with E-state index in [1.54, 1.807) is 0 Å². The molecule has 1 atom stereocenters. The molecule has 19 heavy (non-hydrogen) atoms. The Kier molecular flexibility index (Phi) is 3.37. The number of nitrogen functional groups attached to an aromatic ring is 1. The van der Waals surface area contributed by atoms with Crippen molar-refractivity contribution < 1.29 is 4.74 Å². The Morgan fingerprint density at radius 3 is 2.89 bits per heavy atom. The van der Waals surface area contributed by atoms with Gasteiger partial charge in [0.2, 0.25) is 5.95 Å². The highest BCUT2D eigenvalue weighted by molar-refractivity contribution is 6.35. The van der Waals surface area contributed by atoms with Crippen LogP contribution >= 0.6 is 11.6 Å². The highest BCUT2D eigenvalue weighted by atomic mass is 35.5. The predicted molar refractivity (Wildman–Crippen MR) is 77.4 cm³/mol. The van der Waals surface area contributed by atoms with Gasteiger partial charge in [-0.2, -0.15) is 0 Å². The number of aromatic nitrogens is 2. The molecule has 4 nitrogen and oxygen atoms in total. The van der Waals surface area contributed by atoms with Gasteiger partial charge in [-0.3, -0.25) is 0 Å². The molecule has 0 amide bonds. The number of nitrogens with two attached hydrogens (primary N) is 1. The Morgan fingerprint density at radius 2 is 2.16 bits per heavy atom. The minimum atomic E-state index is 0.286. The first-order chi connectivity index (χ1) is 9.18. The molecule has 2 aromatic rings. The summed E-state index contributed by atoms with van der Waals surface area (Å²) in [6.45, 7) is 3.85. The zero-order valence-corrected chi connectivity index (χ0v) is 11.7. The number of nitrogens with zero attached hydrogens (tertiary/aromatic N) is 2. The molecule has 0 saturated carbocycles. The largest absolute Gasteiger partial charge is 0.381 e. The molecule has 3 rings (SSSR count). The molecule has 2 heterocycles. The molecule has 102 valence electrons. The highest BCUT2D eigenvalue weighted by Crippen LogP contribution is 2.34. The van der Waals surface area contributed by atoms with Crippen LogP contribution in [0, 0.1) is 5.92 Å². The van der Waals surface area contributed by atoms with Crippen molar-refractivity contribution in [3.05, 3.63) is 23.2 Å². The van der Waals surface area contributed by atoms with E-state index in [2.05, 4.69) is 16.5 Å². The number of fused-ring (bicyclic) bond motifs is 1. The van der Waals surface area contributed by atoms with Gasteiger partial charge in [0.25, 0.3) is 0 Å². The second-order valence-corrected chi connectivity index (χ2v) is 5.55. The van der Waals surface area contributed by atoms with Crippen LogP contribution in [-0.2, 0) is 4.74 Å². The summed E-state index contributed by atoms with van der Waals surface area (Å²) in [6, 6.07) is 6.03. The lowest BCUT2D eigenvalue weighted by Crippen LogP contribution is -2.24. The van der Waals surface area contributed by atoms with E-state index in [9.17, 15) is 0 Å². The molecule has 0 aliphatic carbocycles. The van der Waals surface area contributed by atoms with E-state index in [0.29, 0.717) is 16.9 Å². The van der Waals surface area contributed by atoms with Gasteiger partial charge in [-0.15, -0.1) is 0 Å². The van der Waals surface area contributed by atoms with Crippen LogP contribution in [-0.4, -0.2) is 22.8 Å². The quantitative estimate of drug-likeness (QED) is 0.918. The lowest BCUT2D eigenvalue weighted by atomic mass is 9.92. The Hall–Kier alpha value is -1.26. The van der Waals surface area contributed by atoms with Gasteiger partial charge in [-0.25, -0.2) is 4.98 Å². The summed E-state index contributed by atoms with van der Waals surface area (Å²) in [4.78, 5) is 4.41. The van der Waals surface area contributed by atoms with Gasteiger partial charge in [0.1, 0.15) is 0 Å². The van der Waals surface area contributed by atoms with E-state index < -0.39 is 0 Å². The zero-order chi connectivity index (χ0) is 13.4. The number of halogens is 1. The topological polar surface area (TPSA) is 53.1 Å². The smallest absolute Gasteiger partial charge is 0.201 e. The molecular formula is C14H18ClN3O. The molecule has 1 fully saturated rings. The Balaban J connectivity index is 2.05. The number of rotatable bonds is 2. The number of hydrogen-bond acceptors (Lipinski definition) is 3. The summed E-state index contributed by atoms with van der Waals surface area (Å²) >= 11 is 6.32. The van der Waals surface area contributed by atoms with Crippen LogP contribution in [0.15, 0.2) is 18.2 Å². The molecule has 1 unspecified atom stereocenters. The predicted octanol–water partition coefficient (Wildman–Crippen LogP) is 3.26. The van der Waals surface area contributed by atoms with Crippen molar-refractivity contribution >= 4 is 28.6 Å². The number of ether oxygens (including phenoxy) is 1. The van der Waals surface area contributed by atoms with Crippen molar-refractivity contribution in [2.24, 2.45) is 5.92 Å². The number of para-hydroxylation sites is 1. The Labute approximate surface area is 117 Å². The maximum absolute atomic E-state index is 6.32. The van der Waals surface area contributed by atoms with Crippen molar-refractivity contribution in [3.8, 4) is 0 Å². The molecule has 0 bridgehead atoms. The fourth-order valence-electron chi connectivity index (χ4n) is 2.95. The van der Waals surface area contributed by atoms with Gasteiger partial charge in [0.15, 0.2) is 0 Å². The monoisotopic (exact) mass is 279 g/mol. The van der Waals surface area contributed by atoms with E-state index in [0.717, 1.165) is 37.1 Å². The van der Waals surface area contributed by atoms with E-state index >= 15 is 0 Å². The van der Waals surface area contributed by atoms with E-state index in [1.165, 1.54) is 0 Å². The SMILES string of the molecule is CC(C1CCOCC1)n1c(N)nc2cccc(Cl)c21. The van der Waals surface area contributed by atoms with Gasteiger partial charge >= 0.3 is 0 Å². The zero-order valence-electron chi connectivity index (χ0n) is 11.0. The fraction of sp³-hybridized carbons (Fsp3) is 0.500. The van der Waals surface area contributed by atoms with Crippen molar-refractivity contribution in [2.45, 2.75) is 25.8 Å². The Morgan fingerprint density at radius 1 is 1.42 bits per heavy atom. The van der Waals surface area contributed by atoms with Crippen molar-refractivity contribution in [1.82, 2.24) is 9.55 Å². The summed E-state index contributed by atoms with van der Waals surface area (Å²) < 4.78 is 7.50. The van der Waals surface area contributed by atoms with Crippen LogP contribution in [0.1, 0.15) is 25.8 Å². The average Bonchev–Trinajstić information content (AvgIpc) is 2.76. The fourth-order valence-corrected chi connectivity index (χ4v) is 3.21. The Bertz CT molecular complexity index is 590. The molecule has 0 spiro atoms. The third-order valence-electron chi connectivity index (χ3n) is 4.04. The molecule has 1 aromatic carbocycles. The van der Waals surface area contributed by atoms with Crippen LogP contribution in [0.3, 0.4) is 0 Å². The lowest BCUT2D eigenvalue weighted by Gasteiger charge is -2.29. The first-order valence-corrected chi connectivity index (χ1v) is 7.06. The lowest BCUT2D eigenvalue weighted by molar-refractivity contribution is 0.0522. The standard InChI is InChI=1S/C14H18ClN3O/c1-9(10-5-7-19-8-6-10)18-13-11(15)3-2-4-12(13)17-14(18)16/h2-4,9-10H,5-8H2,1H3,(H2,16,17). The molecule has 2 N–H and O–H groups in total. The highest BCUT2D eigenvalue weighted by Gasteiger charge is 2.25. The first-order valence-electron chi connectivity index (χ1n) is 6.68. The third kappa shape index (κ3) is 2.19. The van der Waals surface area contributed by atoms with Gasteiger partial charge in [0.05, 0.1) is 16.1 Å². The van der Waals surface area contributed by atoms with Crippen molar-refractivity contribution in [1.29, 1.82) is 0 Å².